The summed E-state index contributed by atoms with van der Waals surface area (Å²) < 4.78 is 3.75. The number of amides is 1. The third-order valence-electron chi connectivity index (χ3n) is 2.75. The highest BCUT2D eigenvalue weighted by molar-refractivity contribution is 7.05. The van der Waals surface area contributed by atoms with E-state index in [1.54, 1.807) is 24.3 Å². The summed E-state index contributed by atoms with van der Waals surface area (Å²) in [4.78, 5) is 17.8. The second kappa shape index (κ2) is 6.70. The number of carbonyl (C=O) groups is 1. The first-order chi connectivity index (χ1) is 9.91. The number of carbonyl (C=O) groups excluding carboxylic acids is 1. The molecule has 0 aliphatic heterocycles. The van der Waals surface area contributed by atoms with E-state index < -0.39 is 12.0 Å². The van der Waals surface area contributed by atoms with Crippen LogP contribution < -0.4 is 4.90 Å². The van der Waals surface area contributed by atoms with Gasteiger partial charge in [-0.2, -0.15) is 4.37 Å². The smallest absolute Gasteiger partial charge is 0.263 e. The highest BCUT2D eigenvalue weighted by Gasteiger charge is 2.30. The van der Waals surface area contributed by atoms with E-state index in [0.717, 1.165) is 11.5 Å². The fraction of sp³-hybridized carbons (Fsp3) is 0.308. The van der Waals surface area contributed by atoms with Crippen LogP contribution in [0.5, 0.6) is 0 Å². The Morgan fingerprint density at radius 2 is 2.00 bits per heavy atom. The molecule has 1 aromatic carbocycles. The van der Waals surface area contributed by atoms with Crippen molar-refractivity contribution >= 4 is 46.3 Å². The Kier molecular flexibility index (Phi) is 5.16. The summed E-state index contributed by atoms with van der Waals surface area (Å²) in [5.41, 5.74) is 0.536. The Morgan fingerprint density at radius 3 is 2.52 bits per heavy atom. The van der Waals surface area contributed by atoms with Crippen LogP contribution in [0, 0.1) is 0 Å². The van der Waals surface area contributed by atoms with Crippen LogP contribution in [0.2, 0.25) is 10.3 Å². The molecule has 2 rings (SSSR count). The Morgan fingerprint density at radius 1 is 1.33 bits per heavy atom. The maximum atomic E-state index is 12.6. The Balaban J connectivity index is 2.35. The van der Waals surface area contributed by atoms with Crippen LogP contribution in [0.3, 0.4) is 0 Å². The molecule has 1 amide bonds. The fourth-order valence-electron chi connectivity index (χ4n) is 1.86. The van der Waals surface area contributed by atoms with E-state index in [1.165, 1.54) is 4.90 Å². The van der Waals surface area contributed by atoms with Crippen molar-refractivity contribution in [2.24, 2.45) is 0 Å². The standard InChI is InChI=1S/C13H13Cl2N3O2S/c1-7(2)18(9-6-4-3-5-8(9)14)12(20)10(19)11-16-13(15)17-21-11/h3-7,10,19H,1-2H3. The average Bonchev–Trinajstić information content (AvgIpc) is 2.86. The van der Waals surface area contributed by atoms with Gasteiger partial charge in [-0.1, -0.05) is 23.7 Å². The van der Waals surface area contributed by atoms with Crippen molar-refractivity contribution in [1.29, 1.82) is 0 Å². The number of benzene rings is 1. The third-order valence-corrected chi connectivity index (χ3v) is 4.11. The zero-order valence-electron chi connectivity index (χ0n) is 11.3. The molecule has 2 aromatic rings. The van der Waals surface area contributed by atoms with Gasteiger partial charge in [0, 0.05) is 6.04 Å². The van der Waals surface area contributed by atoms with Gasteiger partial charge >= 0.3 is 0 Å². The summed E-state index contributed by atoms with van der Waals surface area (Å²) in [5, 5.41) is 10.8. The minimum Gasteiger partial charge on any atom is -0.376 e. The molecule has 1 atom stereocenters. The number of hydrogen-bond donors (Lipinski definition) is 1. The highest BCUT2D eigenvalue weighted by atomic mass is 35.5. The van der Waals surface area contributed by atoms with Gasteiger partial charge in [0.15, 0.2) is 11.1 Å². The van der Waals surface area contributed by atoms with E-state index in [1.807, 2.05) is 13.8 Å². The molecule has 0 aliphatic rings. The van der Waals surface area contributed by atoms with E-state index in [9.17, 15) is 9.90 Å². The van der Waals surface area contributed by atoms with Gasteiger partial charge in [-0.3, -0.25) is 4.79 Å². The maximum absolute atomic E-state index is 12.6. The second-order valence-corrected chi connectivity index (χ2v) is 6.09. The molecule has 1 aromatic heterocycles. The van der Waals surface area contributed by atoms with E-state index in [0.29, 0.717) is 10.7 Å². The van der Waals surface area contributed by atoms with Crippen LogP contribution >= 0.6 is 34.7 Å². The predicted octanol–water partition coefficient (Wildman–Crippen LogP) is 3.32. The lowest BCUT2D eigenvalue weighted by Gasteiger charge is -2.29. The summed E-state index contributed by atoms with van der Waals surface area (Å²) >= 11 is 12.7. The van der Waals surface area contributed by atoms with Crippen molar-refractivity contribution in [3.63, 3.8) is 0 Å². The number of hydrogen-bond acceptors (Lipinski definition) is 5. The van der Waals surface area contributed by atoms with E-state index >= 15 is 0 Å². The van der Waals surface area contributed by atoms with Gasteiger partial charge in [0.05, 0.1) is 10.7 Å². The number of aliphatic hydroxyl groups is 1. The summed E-state index contributed by atoms with van der Waals surface area (Å²) in [5.74, 6) is -0.522. The van der Waals surface area contributed by atoms with Gasteiger partial charge in [-0.25, -0.2) is 4.98 Å². The number of aliphatic hydroxyl groups excluding tert-OH is 1. The van der Waals surface area contributed by atoms with Crippen molar-refractivity contribution in [3.8, 4) is 0 Å². The molecule has 0 saturated carbocycles. The van der Waals surface area contributed by atoms with Crippen LogP contribution in [0.1, 0.15) is 25.0 Å². The first-order valence-electron chi connectivity index (χ1n) is 6.16. The SMILES string of the molecule is CC(C)N(C(=O)C(O)c1nc(Cl)ns1)c1ccccc1Cl. The lowest BCUT2D eigenvalue weighted by atomic mass is 10.2. The highest BCUT2D eigenvalue weighted by Crippen LogP contribution is 2.30. The molecule has 0 spiro atoms. The zero-order chi connectivity index (χ0) is 15.6. The monoisotopic (exact) mass is 345 g/mol. The first kappa shape index (κ1) is 16.2. The van der Waals surface area contributed by atoms with Crippen LogP contribution in [0.15, 0.2) is 24.3 Å². The number of para-hydroxylation sites is 1. The molecule has 0 fully saturated rings. The number of halogens is 2. The van der Waals surface area contributed by atoms with Crippen molar-refractivity contribution in [1.82, 2.24) is 9.36 Å². The fourth-order valence-corrected chi connectivity index (χ4v) is 2.87. The number of rotatable bonds is 4. The van der Waals surface area contributed by atoms with Crippen LogP contribution in [-0.4, -0.2) is 26.4 Å². The third kappa shape index (κ3) is 3.52. The molecule has 8 heteroatoms. The average molecular weight is 346 g/mol. The molecule has 1 unspecified atom stereocenters. The summed E-state index contributed by atoms with van der Waals surface area (Å²) in [7, 11) is 0. The largest absolute Gasteiger partial charge is 0.376 e. The molecule has 21 heavy (non-hydrogen) atoms. The van der Waals surface area contributed by atoms with Gasteiger partial charge in [0.2, 0.25) is 5.28 Å². The molecule has 1 heterocycles. The number of nitrogens with zero attached hydrogens (tertiary/aromatic N) is 3. The van der Waals surface area contributed by atoms with Crippen LogP contribution in [0.25, 0.3) is 0 Å². The molecule has 0 aliphatic carbocycles. The summed E-state index contributed by atoms with van der Waals surface area (Å²) in [6.07, 6.45) is -1.42. The Labute approximate surface area is 136 Å². The number of anilines is 1. The second-order valence-electron chi connectivity index (χ2n) is 4.56. The van der Waals surface area contributed by atoms with Crippen LogP contribution in [-0.2, 0) is 4.79 Å². The normalized spacial score (nSPS) is 12.5. The van der Waals surface area contributed by atoms with Gasteiger partial charge in [-0.15, -0.1) is 0 Å². The minimum atomic E-state index is -1.42. The summed E-state index contributed by atoms with van der Waals surface area (Å²) in [6.45, 7) is 3.67. The molecule has 0 bridgehead atoms. The molecule has 0 saturated heterocycles. The maximum Gasteiger partial charge on any atom is 0.263 e. The molecule has 112 valence electrons. The Hall–Kier alpha value is -1.21. The Bertz CT molecular complexity index is 648. The van der Waals surface area contributed by atoms with Crippen molar-refractivity contribution in [3.05, 3.63) is 39.6 Å². The zero-order valence-corrected chi connectivity index (χ0v) is 13.7. The van der Waals surface area contributed by atoms with Crippen LogP contribution in [0.4, 0.5) is 5.69 Å². The van der Waals surface area contributed by atoms with Gasteiger partial charge < -0.3 is 10.0 Å². The first-order valence-corrected chi connectivity index (χ1v) is 7.69. The minimum absolute atomic E-state index is 0.00990. The van der Waals surface area contributed by atoms with E-state index in [-0.39, 0.29) is 16.3 Å². The molecule has 5 nitrogen and oxygen atoms in total. The van der Waals surface area contributed by atoms with Gasteiger partial charge in [0.1, 0.15) is 0 Å². The predicted molar refractivity (Wildman–Crippen MR) is 84.0 cm³/mol. The summed E-state index contributed by atoms with van der Waals surface area (Å²) in [6, 6.07) is 6.78. The molecular formula is C13H13Cl2N3O2S. The van der Waals surface area contributed by atoms with Gasteiger partial charge in [0.25, 0.3) is 5.91 Å². The number of aromatic nitrogens is 2. The van der Waals surface area contributed by atoms with E-state index in [4.69, 9.17) is 23.2 Å². The molecule has 0 radical (unpaired) electrons. The lowest BCUT2D eigenvalue weighted by molar-refractivity contribution is -0.127. The molecule has 1 N–H and O–H groups in total. The van der Waals surface area contributed by atoms with Crippen molar-refractivity contribution < 1.29 is 9.90 Å². The van der Waals surface area contributed by atoms with E-state index in [2.05, 4.69) is 9.36 Å². The van der Waals surface area contributed by atoms with Crippen molar-refractivity contribution in [2.45, 2.75) is 26.0 Å². The quantitative estimate of drug-likeness (QED) is 0.922. The lowest BCUT2D eigenvalue weighted by Crippen LogP contribution is -2.40. The van der Waals surface area contributed by atoms with Gasteiger partial charge in [-0.05, 0) is 49.1 Å². The molecular weight excluding hydrogens is 333 g/mol. The van der Waals surface area contributed by atoms with Crippen molar-refractivity contribution in [2.75, 3.05) is 4.90 Å². The topological polar surface area (TPSA) is 66.3 Å².